The standard InChI is InChI=1S/C11H11NOS/c1-2-7-8-5-3-4-6-9(8)14-10(7)11(12)13/h3-6H,2H2,1H3,(H2,12,13). The summed E-state index contributed by atoms with van der Waals surface area (Å²) in [5, 5.41) is 1.16. The molecule has 1 aromatic heterocycles. The Balaban J connectivity index is 2.78. The van der Waals surface area contributed by atoms with E-state index in [1.165, 1.54) is 11.3 Å². The van der Waals surface area contributed by atoms with Crippen LogP contribution in [0.4, 0.5) is 0 Å². The van der Waals surface area contributed by atoms with Crippen LogP contribution in [0, 0.1) is 0 Å². The fraction of sp³-hybridized carbons (Fsp3) is 0.182. The van der Waals surface area contributed by atoms with Crippen molar-refractivity contribution in [3.05, 3.63) is 34.7 Å². The van der Waals surface area contributed by atoms with Gasteiger partial charge in [0.1, 0.15) is 0 Å². The monoisotopic (exact) mass is 205 g/mol. The second-order valence-corrected chi connectivity index (χ2v) is 4.18. The van der Waals surface area contributed by atoms with Crippen LogP contribution in [-0.2, 0) is 6.42 Å². The van der Waals surface area contributed by atoms with Gasteiger partial charge in [0.15, 0.2) is 0 Å². The zero-order valence-corrected chi connectivity index (χ0v) is 8.73. The van der Waals surface area contributed by atoms with Gasteiger partial charge in [-0.25, -0.2) is 0 Å². The molecular weight excluding hydrogens is 194 g/mol. The van der Waals surface area contributed by atoms with E-state index in [0.29, 0.717) is 4.88 Å². The summed E-state index contributed by atoms with van der Waals surface area (Å²) in [5.74, 6) is -0.317. The lowest BCUT2D eigenvalue weighted by atomic mass is 10.1. The molecule has 0 fully saturated rings. The molecule has 14 heavy (non-hydrogen) atoms. The quantitative estimate of drug-likeness (QED) is 0.804. The van der Waals surface area contributed by atoms with Gasteiger partial charge in [-0.2, -0.15) is 0 Å². The van der Waals surface area contributed by atoms with Gasteiger partial charge in [-0.1, -0.05) is 25.1 Å². The van der Waals surface area contributed by atoms with Gasteiger partial charge in [0.25, 0.3) is 5.91 Å². The van der Waals surface area contributed by atoms with Crippen molar-refractivity contribution in [2.75, 3.05) is 0 Å². The largest absolute Gasteiger partial charge is 0.365 e. The third kappa shape index (κ3) is 1.30. The van der Waals surface area contributed by atoms with Crippen molar-refractivity contribution in [3.63, 3.8) is 0 Å². The highest BCUT2D eigenvalue weighted by Crippen LogP contribution is 2.31. The van der Waals surface area contributed by atoms with Crippen molar-refractivity contribution in [2.45, 2.75) is 13.3 Å². The minimum absolute atomic E-state index is 0.317. The third-order valence-corrected chi connectivity index (χ3v) is 3.50. The van der Waals surface area contributed by atoms with E-state index in [4.69, 9.17) is 5.73 Å². The van der Waals surface area contributed by atoms with E-state index in [1.807, 2.05) is 31.2 Å². The maximum Gasteiger partial charge on any atom is 0.259 e. The van der Waals surface area contributed by atoms with Crippen molar-refractivity contribution >= 4 is 27.3 Å². The Hall–Kier alpha value is -1.35. The molecule has 2 aromatic rings. The second kappa shape index (κ2) is 3.42. The molecular formula is C11H11NOS. The van der Waals surface area contributed by atoms with Gasteiger partial charge in [-0.3, -0.25) is 4.79 Å². The van der Waals surface area contributed by atoms with Crippen molar-refractivity contribution in [3.8, 4) is 0 Å². The van der Waals surface area contributed by atoms with Crippen LogP contribution in [0.5, 0.6) is 0 Å². The van der Waals surface area contributed by atoms with E-state index >= 15 is 0 Å². The summed E-state index contributed by atoms with van der Waals surface area (Å²) >= 11 is 1.48. The molecule has 0 radical (unpaired) electrons. The van der Waals surface area contributed by atoms with Crippen LogP contribution in [0.15, 0.2) is 24.3 Å². The summed E-state index contributed by atoms with van der Waals surface area (Å²) in [6.45, 7) is 2.04. The number of amides is 1. The topological polar surface area (TPSA) is 43.1 Å². The van der Waals surface area contributed by atoms with Crippen LogP contribution in [0.3, 0.4) is 0 Å². The SMILES string of the molecule is CCc1c(C(N)=O)sc2ccccc12. The molecule has 0 bridgehead atoms. The van der Waals surface area contributed by atoms with Gasteiger partial charge >= 0.3 is 0 Å². The predicted molar refractivity (Wildman–Crippen MR) is 59.7 cm³/mol. The number of thiophene rings is 1. The number of fused-ring (bicyclic) bond motifs is 1. The lowest BCUT2D eigenvalue weighted by Crippen LogP contribution is -2.10. The van der Waals surface area contributed by atoms with E-state index < -0.39 is 0 Å². The van der Waals surface area contributed by atoms with Crippen molar-refractivity contribution < 1.29 is 4.79 Å². The lowest BCUT2D eigenvalue weighted by Gasteiger charge is -1.95. The number of hydrogen-bond donors (Lipinski definition) is 1. The second-order valence-electron chi connectivity index (χ2n) is 3.12. The van der Waals surface area contributed by atoms with Gasteiger partial charge in [0.05, 0.1) is 4.88 Å². The van der Waals surface area contributed by atoms with Gasteiger partial charge in [0, 0.05) is 4.70 Å². The van der Waals surface area contributed by atoms with Crippen LogP contribution in [0.25, 0.3) is 10.1 Å². The first-order chi connectivity index (χ1) is 6.74. The number of aryl methyl sites for hydroxylation is 1. The molecule has 0 aliphatic carbocycles. The molecule has 0 unspecified atom stereocenters. The number of nitrogens with two attached hydrogens (primary N) is 1. The Labute approximate surface area is 86.3 Å². The average Bonchev–Trinajstić information content (AvgIpc) is 2.56. The van der Waals surface area contributed by atoms with E-state index in [1.54, 1.807) is 0 Å². The van der Waals surface area contributed by atoms with Crippen LogP contribution >= 0.6 is 11.3 Å². The Bertz CT molecular complexity index is 487. The first-order valence-electron chi connectivity index (χ1n) is 4.54. The summed E-state index contributed by atoms with van der Waals surface area (Å²) < 4.78 is 1.14. The maximum atomic E-state index is 11.2. The van der Waals surface area contributed by atoms with Gasteiger partial charge in [-0.15, -0.1) is 11.3 Å². The number of hydrogen-bond acceptors (Lipinski definition) is 2. The van der Waals surface area contributed by atoms with E-state index in [-0.39, 0.29) is 5.91 Å². The third-order valence-electron chi connectivity index (χ3n) is 2.28. The van der Waals surface area contributed by atoms with Crippen molar-refractivity contribution in [1.82, 2.24) is 0 Å². The molecule has 3 heteroatoms. The highest BCUT2D eigenvalue weighted by atomic mass is 32.1. The molecule has 2 rings (SSSR count). The van der Waals surface area contributed by atoms with Crippen LogP contribution in [-0.4, -0.2) is 5.91 Å². The average molecular weight is 205 g/mol. The van der Waals surface area contributed by atoms with E-state index in [2.05, 4.69) is 0 Å². The smallest absolute Gasteiger partial charge is 0.259 e. The number of carbonyl (C=O) groups is 1. The Morgan fingerprint density at radius 3 is 2.79 bits per heavy atom. The molecule has 1 aromatic carbocycles. The minimum atomic E-state index is -0.317. The Morgan fingerprint density at radius 2 is 2.14 bits per heavy atom. The first-order valence-corrected chi connectivity index (χ1v) is 5.36. The van der Waals surface area contributed by atoms with Crippen molar-refractivity contribution in [1.29, 1.82) is 0 Å². The molecule has 2 N–H and O–H groups in total. The molecule has 0 saturated carbocycles. The molecule has 0 saturated heterocycles. The molecule has 2 nitrogen and oxygen atoms in total. The van der Waals surface area contributed by atoms with Crippen molar-refractivity contribution in [2.24, 2.45) is 5.73 Å². The van der Waals surface area contributed by atoms with Gasteiger partial charge in [-0.05, 0) is 23.4 Å². The Morgan fingerprint density at radius 1 is 1.43 bits per heavy atom. The predicted octanol–water partition coefficient (Wildman–Crippen LogP) is 2.56. The highest BCUT2D eigenvalue weighted by molar-refractivity contribution is 7.21. The molecule has 72 valence electrons. The number of carbonyl (C=O) groups excluding carboxylic acids is 1. The first kappa shape index (κ1) is 9.21. The molecule has 0 aliphatic heterocycles. The molecule has 0 aliphatic rings. The van der Waals surface area contributed by atoms with Gasteiger partial charge < -0.3 is 5.73 Å². The highest BCUT2D eigenvalue weighted by Gasteiger charge is 2.13. The molecule has 1 heterocycles. The van der Waals surface area contributed by atoms with Crippen LogP contribution in [0.1, 0.15) is 22.2 Å². The minimum Gasteiger partial charge on any atom is -0.365 e. The summed E-state index contributed by atoms with van der Waals surface area (Å²) in [6.07, 6.45) is 0.849. The molecule has 1 amide bonds. The summed E-state index contributed by atoms with van der Waals surface area (Å²) in [6, 6.07) is 8.02. The zero-order chi connectivity index (χ0) is 10.1. The lowest BCUT2D eigenvalue weighted by molar-refractivity contribution is 0.100. The van der Waals surface area contributed by atoms with Gasteiger partial charge in [0.2, 0.25) is 0 Å². The summed E-state index contributed by atoms with van der Waals surface area (Å²) in [5.41, 5.74) is 6.41. The molecule has 0 atom stereocenters. The fourth-order valence-corrected chi connectivity index (χ4v) is 2.79. The number of rotatable bonds is 2. The van der Waals surface area contributed by atoms with Crippen LogP contribution in [0.2, 0.25) is 0 Å². The number of benzene rings is 1. The molecule has 0 spiro atoms. The summed E-state index contributed by atoms with van der Waals surface area (Å²) in [4.78, 5) is 11.9. The van der Waals surface area contributed by atoms with E-state index in [0.717, 1.165) is 22.1 Å². The van der Waals surface area contributed by atoms with E-state index in [9.17, 15) is 4.79 Å². The maximum absolute atomic E-state index is 11.2. The fourth-order valence-electron chi connectivity index (χ4n) is 1.65. The zero-order valence-electron chi connectivity index (χ0n) is 7.91. The number of primary amides is 1. The Kier molecular flexibility index (Phi) is 2.25. The normalized spacial score (nSPS) is 10.6. The summed E-state index contributed by atoms with van der Waals surface area (Å²) in [7, 11) is 0. The van der Waals surface area contributed by atoms with Crippen LogP contribution < -0.4 is 5.73 Å².